The minimum atomic E-state index is -0.0891. The van der Waals surface area contributed by atoms with E-state index in [-0.39, 0.29) is 5.56 Å². The average molecular weight is 251 g/mol. The van der Waals surface area contributed by atoms with Gasteiger partial charge < -0.3 is 4.98 Å². The van der Waals surface area contributed by atoms with E-state index in [0.29, 0.717) is 11.4 Å². The highest BCUT2D eigenvalue weighted by atomic mass is 16.1. The Bertz CT molecular complexity index is 821. The van der Waals surface area contributed by atoms with Gasteiger partial charge in [0, 0.05) is 28.4 Å². The van der Waals surface area contributed by atoms with E-state index in [4.69, 9.17) is 0 Å². The van der Waals surface area contributed by atoms with Crippen molar-refractivity contribution in [1.29, 1.82) is 0 Å². The van der Waals surface area contributed by atoms with Crippen molar-refractivity contribution in [2.24, 2.45) is 0 Å². The molecule has 0 saturated carbocycles. The Hall–Kier alpha value is -2.49. The van der Waals surface area contributed by atoms with E-state index in [1.165, 1.54) is 0 Å². The lowest BCUT2D eigenvalue weighted by molar-refractivity contribution is 1.03. The Morgan fingerprint density at radius 1 is 1.16 bits per heavy atom. The van der Waals surface area contributed by atoms with E-state index in [0.717, 1.165) is 22.2 Å². The summed E-state index contributed by atoms with van der Waals surface area (Å²) in [6.45, 7) is 3.62. The predicted octanol–water partition coefficient (Wildman–Crippen LogP) is 2.60. The number of nitrogens with one attached hydrogen (secondary N) is 1. The van der Waals surface area contributed by atoms with Gasteiger partial charge in [-0.1, -0.05) is 6.07 Å². The normalized spacial score (nSPS) is 10.8. The molecule has 4 nitrogen and oxygen atoms in total. The first-order valence-electron chi connectivity index (χ1n) is 6.08. The molecule has 0 unspecified atom stereocenters. The molecule has 0 aliphatic heterocycles. The highest BCUT2D eigenvalue weighted by Crippen LogP contribution is 2.20. The van der Waals surface area contributed by atoms with Crippen LogP contribution in [0.3, 0.4) is 0 Å². The highest BCUT2D eigenvalue weighted by Gasteiger charge is 2.06. The molecule has 94 valence electrons. The van der Waals surface area contributed by atoms with Crippen LogP contribution in [0.25, 0.3) is 22.3 Å². The first-order valence-corrected chi connectivity index (χ1v) is 6.08. The SMILES string of the molecule is Cc1nc(-c2ccc3ncccc3c2)[nH]c(=O)c1C. The van der Waals surface area contributed by atoms with Crippen LogP contribution in [0.2, 0.25) is 0 Å². The zero-order chi connectivity index (χ0) is 13.4. The quantitative estimate of drug-likeness (QED) is 0.723. The van der Waals surface area contributed by atoms with E-state index in [1.807, 2.05) is 37.3 Å². The fourth-order valence-corrected chi connectivity index (χ4v) is 2.00. The van der Waals surface area contributed by atoms with Gasteiger partial charge in [0.05, 0.1) is 5.52 Å². The summed E-state index contributed by atoms with van der Waals surface area (Å²) in [6, 6.07) is 9.71. The second-order valence-corrected chi connectivity index (χ2v) is 4.54. The maximum atomic E-state index is 11.8. The summed E-state index contributed by atoms with van der Waals surface area (Å²) >= 11 is 0. The zero-order valence-corrected chi connectivity index (χ0v) is 10.8. The summed E-state index contributed by atoms with van der Waals surface area (Å²) in [5.41, 5.74) is 3.14. The Balaban J connectivity index is 2.22. The van der Waals surface area contributed by atoms with Gasteiger partial charge >= 0.3 is 0 Å². The zero-order valence-electron chi connectivity index (χ0n) is 10.8. The molecule has 0 bridgehead atoms. The number of nitrogens with zero attached hydrogens (tertiary/aromatic N) is 2. The fraction of sp³-hybridized carbons (Fsp3) is 0.133. The van der Waals surface area contributed by atoms with Gasteiger partial charge in [0.2, 0.25) is 0 Å². The van der Waals surface area contributed by atoms with Crippen molar-refractivity contribution < 1.29 is 0 Å². The number of hydrogen-bond acceptors (Lipinski definition) is 3. The number of rotatable bonds is 1. The van der Waals surface area contributed by atoms with Crippen LogP contribution in [0.1, 0.15) is 11.3 Å². The molecule has 0 aliphatic rings. The van der Waals surface area contributed by atoms with Gasteiger partial charge in [0.15, 0.2) is 0 Å². The summed E-state index contributed by atoms with van der Waals surface area (Å²) in [4.78, 5) is 23.3. The molecule has 3 aromatic rings. The molecular weight excluding hydrogens is 238 g/mol. The molecule has 0 radical (unpaired) electrons. The van der Waals surface area contributed by atoms with E-state index < -0.39 is 0 Å². The Kier molecular flexibility index (Phi) is 2.63. The summed E-state index contributed by atoms with van der Waals surface area (Å²) in [7, 11) is 0. The maximum absolute atomic E-state index is 11.8. The first-order chi connectivity index (χ1) is 9.15. The molecule has 2 aromatic heterocycles. The molecular formula is C15H13N3O. The lowest BCUT2D eigenvalue weighted by Gasteiger charge is -2.05. The van der Waals surface area contributed by atoms with E-state index >= 15 is 0 Å². The summed E-state index contributed by atoms with van der Waals surface area (Å²) < 4.78 is 0. The van der Waals surface area contributed by atoms with Crippen LogP contribution in [0, 0.1) is 13.8 Å². The van der Waals surface area contributed by atoms with Crippen molar-refractivity contribution in [1.82, 2.24) is 15.0 Å². The minimum absolute atomic E-state index is 0.0891. The van der Waals surface area contributed by atoms with Crippen molar-refractivity contribution in [3.05, 3.63) is 58.1 Å². The molecule has 3 rings (SSSR count). The van der Waals surface area contributed by atoms with Crippen LogP contribution in [0.4, 0.5) is 0 Å². The Labute approximate surface area is 110 Å². The molecule has 2 heterocycles. The highest BCUT2D eigenvalue weighted by molar-refractivity contribution is 5.83. The molecule has 0 fully saturated rings. The lowest BCUT2D eigenvalue weighted by atomic mass is 10.1. The minimum Gasteiger partial charge on any atom is -0.306 e. The van der Waals surface area contributed by atoms with Crippen LogP contribution in [-0.4, -0.2) is 15.0 Å². The van der Waals surface area contributed by atoms with E-state index in [2.05, 4.69) is 15.0 Å². The maximum Gasteiger partial charge on any atom is 0.254 e. The first kappa shape index (κ1) is 11.6. The van der Waals surface area contributed by atoms with Gasteiger partial charge in [-0.25, -0.2) is 4.98 Å². The van der Waals surface area contributed by atoms with Gasteiger partial charge in [-0.05, 0) is 38.1 Å². The predicted molar refractivity (Wildman–Crippen MR) is 75.1 cm³/mol. The largest absolute Gasteiger partial charge is 0.306 e. The molecule has 0 saturated heterocycles. The average Bonchev–Trinajstić information content (AvgIpc) is 2.43. The second-order valence-electron chi connectivity index (χ2n) is 4.54. The summed E-state index contributed by atoms with van der Waals surface area (Å²) in [5.74, 6) is 0.596. The van der Waals surface area contributed by atoms with Crippen LogP contribution in [0.15, 0.2) is 41.3 Å². The molecule has 0 amide bonds. The third kappa shape index (κ3) is 2.01. The third-order valence-electron chi connectivity index (χ3n) is 3.27. The van der Waals surface area contributed by atoms with Crippen LogP contribution in [0.5, 0.6) is 0 Å². The number of fused-ring (bicyclic) bond motifs is 1. The van der Waals surface area contributed by atoms with Gasteiger partial charge in [0.25, 0.3) is 5.56 Å². The summed E-state index contributed by atoms with van der Waals surface area (Å²) in [6.07, 6.45) is 1.76. The number of pyridine rings is 1. The molecule has 0 atom stereocenters. The molecule has 19 heavy (non-hydrogen) atoms. The topological polar surface area (TPSA) is 58.6 Å². The molecule has 0 spiro atoms. The fourth-order valence-electron chi connectivity index (χ4n) is 2.00. The number of aromatic nitrogens is 3. The van der Waals surface area contributed by atoms with Crippen molar-refractivity contribution in [2.45, 2.75) is 13.8 Å². The molecule has 0 aliphatic carbocycles. The van der Waals surface area contributed by atoms with Gasteiger partial charge in [0.1, 0.15) is 5.82 Å². The van der Waals surface area contributed by atoms with Crippen LogP contribution < -0.4 is 5.56 Å². The number of benzene rings is 1. The molecule has 1 aromatic carbocycles. The van der Waals surface area contributed by atoms with E-state index in [9.17, 15) is 4.79 Å². The second kappa shape index (κ2) is 4.31. The number of hydrogen-bond donors (Lipinski definition) is 1. The van der Waals surface area contributed by atoms with Gasteiger partial charge in [-0.3, -0.25) is 9.78 Å². The van der Waals surface area contributed by atoms with Crippen molar-refractivity contribution in [2.75, 3.05) is 0 Å². The monoisotopic (exact) mass is 251 g/mol. The smallest absolute Gasteiger partial charge is 0.254 e. The van der Waals surface area contributed by atoms with Gasteiger partial charge in [-0.2, -0.15) is 0 Å². The third-order valence-corrected chi connectivity index (χ3v) is 3.27. The number of aromatic amines is 1. The van der Waals surface area contributed by atoms with Crippen molar-refractivity contribution in [3.8, 4) is 11.4 Å². The Morgan fingerprint density at radius 2 is 2.00 bits per heavy atom. The number of aryl methyl sites for hydroxylation is 1. The molecule has 1 N–H and O–H groups in total. The Morgan fingerprint density at radius 3 is 2.79 bits per heavy atom. The van der Waals surface area contributed by atoms with E-state index in [1.54, 1.807) is 13.1 Å². The number of H-pyrrole nitrogens is 1. The molecule has 4 heteroatoms. The lowest BCUT2D eigenvalue weighted by Crippen LogP contribution is -2.14. The standard InChI is InChI=1S/C15H13N3O/c1-9-10(2)17-14(18-15(9)19)12-5-6-13-11(8-12)4-3-7-16-13/h3-8H,1-2H3,(H,17,18,19). The van der Waals surface area contributed by atoms with Crippen LogP contribution >= 0.6 is 0 Å². The van der Waals surface area contributed by atoms with Crippen molar-refractivity contribution >= 4 is 10.9 Å². The van der Waals surface area contributed by atoms with Crippen molar-refractivity contribution in [3.63, 3.8) is 0 Å². The summed E-state index contributed by atoms with van der Waals surface area (Å²) in [5, 5.41) is 1.03. The van der Waals surface area contributed by atoms with Crippen LogP contribution in [-0.2, 0) is 0 Å². The van der Waals surface area contributed by atoms with Gasteiger partial charge in [-0.15, -0.1) is 0 Å².